The minimum atomic E-state index is -1.01. The average Bonchev–Trinajstić information content (AvgIpc) is 2.63. The Morgan fingerprint density at radius 2 is 2.64 bits per heavy atom. The summed E-state index contributed by atoms with van der Waals surface area (Å²) in [6.45, 7) is 1.40. The van der Waals surface area contributed by atoms with Gasteiger partial charge >= 0.3 is 5.97 Å². The van der Waals surface area contributed by atoms with Crippen LogP contribution in [-0.2, 0) is 17.8 Å². The van der Waals surface area contributed by atoms with Crippen molar-refractivity contribution < 1.29 is 14.6 Å². The number of imidazole rings is 1. The van der Waals surface area contributed by atoms with Crippen LogP contribution in [0.25, 0.3) is 0 Å². The molecule has 0 aliphatic carbocycles. The zero-order valence-electron chi connectivity index (χ0n) is 7.51. The molecule has 0 saturated heterocycles. The number of carbonyl (C=O) groups is 1. The Bertz CT molecular complexity index is 339. The largest absolute Gasteiger partial charge is 0.480 e. The van der Waals surface area contributed by atoms with E-state index in [9.17, 15) is 4.79 Å². The van der Waals surface area contributed by atoms with Gasteiger partial charge < -0.3 is 15.6 Å². The van der Waals surface area contributed by atoms with Crippen LogP contribution >= 0.6 is 0 Å². The van der Waals surface area contributed by atoms with Crippen molar-refractivity contribution in [2.24, 2.45) is 5.73 Å². The minimum Gasteiger partial charge on any atom is -0.480 e. The SMILES string of the molecule is NC(Cc1cn2c(n1)OCC2)C(=O)O. The summed E-state index contributed by atoms with van der Waals surface area (Å²) < 4.78 is 7.04. The molecule has 1 aromatic rings. The van der Waals surface area contributed by atoms with Crippen LogP contribution < -0.4 is 10.5 Å². The second-order valence-corrected chi connectivity index (χ2v) is 3.21. The molecular formula is C8H11N3O3. The highest BCUT2D eigenvalue weighted by Crippen LogP contribution is 2.17. The fourth-order valence-corrected chi connectivity index (χ4v) is 1.37. The van der Waals surface area contributed by atoms with Crippen LogP contribution in [0.15, 0.2) is 6.20 Å². The van der Waals surface area contributed by atoms with Crippen molar-refractivity contribution in [3.63, 3.8) is 0 Å². The predicted molar refractivity (Wildman–Crippen MR) is 47.0 cm³/mol. The van der Waals surface area contributed by atoms with E-state index in [1.54, 1.807) is 6.20 Å². The molecule has 0 spiro atoms. The molecule has 1 aromatic heterocycles. The van der Waals surface area contributed by atoms with E-state index < -0.39 is 12.0 Å². The summed E-state index contributed by atoms with van der Waals surface area (Å²) in [4.78, 5) is 14.6. The number of rotatable bonds is 3. The van der Waals surface area contributed by atoms with E-state index in [0.717, 1.165) is 6.54 Å². The van der Waals surface area contributed by atoms with Crippen LogP contribution in [0, 0.1) is 0 Å². The van der Waals surface area contributed by atoms with Gasteiger partial charge in [-0.05, 0) is 0 Å². The first-order valence-electron chi connectivity index (χ1n) is 4.34. The molecule has 6 heteroatoms. The van der Waals surface area contributed by atoms with Gasteiger partial charge in [0.05, 0.1) is 12.2 Å². The summed E-state index contributed by atoms with van der Waals surface area (Å²) in [5.41, 5.74) is 6.04. The van der Waals surface area contributed by atoms with Crippen LogP contribution in [0.4, 0.5) is 0 Å². The number of nitrogens with zero attached hydrogens (tertiary/aromatic N) is 2. The van der Waals surface area contributed by atoms with E-state index in [2.05, 4.69) is 4.98 Å². The van der Waals surface area contributed by atoms with Crippen LogP contribution in [0.3, 0.4) is 0 Å². The lowest BCUT2D eigenvalue weighted by molar-refractivity contribution is -0.138. The maximum absolute atomic E-state index is 10.5. The molecule has 76 valence electrons. The second kappa shape index (κ2) is 3.30. The van der Waals surface area contributed by atoms with Crippen molar-refractivity contribution in [2.45, 2.75) is 19.0 Å². The summed E-state index contributed by atoms with van der Waals surface area (Å²) in [6, 6.07) is -0.344. The van der Waals surface area contributed by atoms with E-state index in [-0.39, 0.29) is 6.42 Å². The molecule has 1 atom stereocenters. The fourth-order valence-electron chi connectivity index (χ4n) is 1.37. The van der Waals surface area contributed by atoms with Crippen molar-refractivity contribution >= 4 is 5.97 Å². The molecular weight excluding hydrogens is 186 g/mol. The second-order valence-electron chi connectivity index (χ2n) is 3.21. The van der Waals surface area contributed by atoms with Crippen molar-refractivity contribution in [1.29, 1.82) is 0 Å². The van der Waals surface area contributed by atoms with Gasteiger partial charge in [-0.15, -0.1) is 0 Å². The molecule has 1 unspecified atom stereocenters. The molecule has 2 rings (SSSR count). The molecule has 14 heavy (non-hydrogen) atoms. The lowest BCUT2D eigenvalue weighted by Crippen LogP contribution is -2.32. The highest BCUT2D eigenvalue weighted by molar-refractivity contribution is 5.73. The van der Waals surface area contributed by atoms with Gasteiger partial charge in [-0.25, -0.2) is 4.98 Å². The van der Waals surface area contributed by atoms with Gasteiger partial charge in [0.25, 0.3) is 6.01 Å². The third-order valence-corrected chi connectivity index (χ3v) is 2.10. The van der Waals surface area contributed by atoms with Crippen LogP contribution in [0.2, 0.25) is 0 Å². The maximum atomic E-state index is 10.5. The smallest absolute Gasteiger partial charge is 0.320 e. The predicted octanol–water partition coefficient (Wildman–Crippen LogP) is -0.770. The monoisotopic (exact) mass is 197 g/mol. The van der Waals surface area contributed by atoms with Crippen molar-refractivity contribution in [2.75, 3.05) is 6.61 Å². The zero-order valence-corrected chi connectivity index (χ0v) is 7.51. The van der Waals surface area contributed by atoms with Crippen LogP contribution in [0.5, 0.6) is 6.01 Å². The molecule has 0 bridgehead atoms. The van der Waals surface area contributed by atoms with E-state index in [4.69, 9.17) is 15.6 Å². The fraction of sp³-hybridized carbons (Fsp3) is 0.500. The number of nitrogens with two attached hydrogens (primary N) is 1. The summed E-state index contributed by atoms with van der Waals surface area (Å²) >= 11 is 0. The summed E-state index contributed by atoms with van der Waals surface area (Å²) in [5.74, 6) is -1.01. The number of carboxylic acid groups (broad SMARTS) is 1. The normalized spacial score (nSPS) is 16.1. The van der Waals surface area contributed by atoms with E-state index in [1.807, 2.05) is 4.57 Å². The summed E-state index contributed by atoms with van der Waals surface area (Å²) in [5, 5.41) is 8.60. The molecule has 0 radical (unpaired) electrons. The highest BCUT2D eigenvalue weighted by atomic mass is 16.5. The zero-order chi connectivity index (χ0) is 10.1. The molecule has 1 aliphatic heterocycles. The number of carboxylic acids is 1. The Morgan fingerprint density at radius 1 is 1.86 bits per heavy atom. The molecule has 0 saturated carbocycles. The van der Waals surface area contributed by atoms with Gasteiger partial charge in [-0.3, -0.25) is 9.36 Å². The third kappa shape index (κ3) is 1.56. The first kappa shape index (κ1) is 9.01. The lowest BCUT2D eigenvalue weighted by Gasteiger charge is -2.02. The Balaban J connectivity index is 2.07. The van der Waals surface area contributed by atoms with Crippen LogP contribution in [-0.4, -0.2) is 33.3 Å². The Hall–Kier alpha value is -1.56. The van der Waals surface area contributed by atoms with Crippen molar-refractivity contribution in [1.82, 2.24) is 9.55 Å². The maximum Gasteiger partial charge on any atom is 0.320 e. The highest BCUT2D eigenvalue weighted by Gasteiger charge is 2.18. The topological polar surface area (TPSA) is 90.4 Å². The van der Waals surface area contributed by atoms with E-state index >= 15 is 0 Å². The molecule has 0 fully saturated rings. The summed E-state index contributed by atoms with van der Waals surface area (Å²) in [6.07, 6.45) is 2.02. The van der Waals surface area contributed by atoms with Gasteiger partial charge in [0.1, 0.15) is 12.6 Å². The standard InChI is InChI=1S/C8H11N3O3/c9-6(7(12)13)3-5-4-11-1-2-14-8(11)10-5/h4,6H,1-3,9H2,(H,12,13). The van der Waals surface area contributed by atoms with Crippen LogP contribution in [0.1, 0.15) is 5.69 Å². The quantitative estimate of drug-likeness (QED) is 0.664. The van der Waals surface area contributed by atoms with Gasteiger partial charge in [0, 0.05) is 12.6 Å². The van der Waals surface area contributed by atoms with Gasteiger partial charge in [0.15, 0.2) is 0 Å². The number of hydrogen-bond acceptors (Lipinski definition) is 4. The third-order valence-electron chi connectivity index (χ3n) is 2.10. The molecule has 1 aliphatic rings. The van der Waals surface area contributed by atoms with E-state index in [0.29, 0.717) is 18.3 Å². The van der Waals surface area contributed by atoms with Gasteiger partial charge in [-0.2, -0.15) is 0 Å². The molecule has 0 aromatic carbocycles. The lowest BCUT2D eigenvalue weighted by atomic mass is 10.2. The molecule has 3 N–H and O–H groups in total. The molecule has 0 amide bonds. The van der Waals surface area contributed by atoms with Gasteiger partial charge in [0.2, 0.25) is 0 Å². The number of fused-ring (bicyclic) bond motifs is 1. The summed E-state index contributed by atoms with van der Waals surface area (Å²) in [7, 11) is 0. The number of ether oxygens (including phenoxy) is 1. The van der Waals surface area contributed by atoms with Gasteiger partial charge in [-0.1, -0.05) is 0 Å². The van der Waals surface area contributed by atoms with Crippen molar-refractivity contribution in [3.8, 4) is 6.01 Å². The first-order chi connectivity index (χ1) is 6.66. The molecule has 6 nitrogen and oxygen atoms in total. The number of aromatic nitrogens is 2. The number of hydrogen-bond donors (Lipinski definition) is 2. The van der Waals surface area contributed by atoms with E-state index in [1.165, 1.54) is 0 Å². The molecule has 2 heterocycles. The number of aliphatic carboxylic acids is 1. The average molecular weight is 197 g/mol. The first-order valence-corrected chi connectivity index (χ1v) is 4.34. The Kier molecular flexibility index (Phi) is 2.12. The Labute approximate surface area is 80.3 Å². The Morgan fingerprint density at radius 3 is 3.29 bits per heavy atom. The minimum absolute atomic E-state index is 0.235. The van der Waals surface area contributed by atoms with Crippen molar-refractivity contribution in [3.05, 3.63) is 11.9 Å².